The van der Waals surface area contributed by atoms with E-state index in [0.717, 1.165) is 10.4 Å². The van der Waals surface area contributed by atoms with Crippen LogP contribution in [-0.2, 0) is 0 Å². The van der Waals surface area contributed by atoms with E-state index in [1.807, 2.05) is 19.9 Å². The van der Waals surface area contributed by atoms with Crippen molar-refractivity contribution in [1.82, 2.24) is 20.3 Å². The van der Waals surface area contributed by atoms with Gasteiger partial charge in [0.25, 0.3) is 5.91 Å². The number of H-pyrrole nitrogens is 1. The number of benzene rings is 1. The smallest absolute Gasteiger partial charge is 0.255 e. The zero-order chi connectivity index (χ0) is 25.3. The van der Waals surface area contributed by atoms with E-state index in [1.165, 1.54) is 23.5 Å². The number of ketones is 1. The van der Waals surface area contributed by atoms with Crippen LogP contribution in [0.1, 0.15) is 72.6 Å². The molecule has 0 saturated carbocycles. The lowest BCUT2D eigenvalue weighted by molar-refractivity contribution is 0.0910. The number of aromatic amines is 1. The zero-order valence-corrected chi connectivity index (χ0v) is 21.3. The van der Waals surface area contributed by atoms with Gasteiger partial charge >= 0.3 is 0 Å². The molecule has 0 spiro atoms. The van der Waals surface area contributed by atoms with E-state index in [4.69, 9.17) is 4.98 Å². The Balaban J connectivity index is 1.53. The van der Waals surface area contributed by atoms with Gasteiger partial charge in [0.1, 0.15) is 11.3 Å². The Kier molecular flexibility index (Phi) is 6.85. The van der Waals surface area contributed by atoms with Gasteiger partial charge in [0.15, 0.2) is 11.4 Å². The molecule has 4 aromatic rings. The number of halogens is 1. The molecule has 0 bridgehead atoms. The summed E-state index contributed by atoms with van der Waals surface area (Å²) in [5.41, 5.74) is 2.91. The minimum Gasteiger partial charge on any atom is -0.349 e. The first kappa shape index (κ1) is 24.7. The third-order valence-electron chi connectivity index (χ3n) is 6.34. The number of rotatable bonds is 7. The van der Waals surface area contributed by atoms with Crippen LogP contribution in [-0.4, -0.2) is 32.7 Å². The van der Waals surface area contributed by atoms with Gasteiger partial charge < -0.3 is 10.3 Å². The Morgan fingerprint density at radius 2 is 1.83 bits per heavy atom. The van der Waals surface area contributed by atoms with Crippen molar-refractivity contribution in [1.29, 1.82) is 0 Å². The predicted octanol–water partition coefficient (Wildman–Crippen LogP) is 6.37. The fraction of sp³-hybridized carbons (Fsp3) is 0.333. The minimum atomic E-state index is -0.292. The van der Waals surface area contributed by atoms with Crippen molar-refractivity contribution in [3.05, 3.63) is 70.6 Å². The fourth-order valence-corrected chi connectivity index (χ4v) is 4.50. The van der Waals surface area contributed by atoms with E-state index < -0.39 is 0 Å². The van der Waals surface area contributed by atoms with E-state index in [2.05, 4.69) is 36.1 Å². The van der Waals surface area contributed by atoms with E-state index in [0.29, 0.717) is 33.7 Å². The van der Waals surface area contributed by atoms with Crippen molar-refractivity contribution in [3.63, 3.8) is 0 Å². The first-order valence-electron chi connectivity index (χ1n) is 11.6. The van der Waals surface area contributed by atoms with Crippen LogP contribution in [0, 0.1) is 11.2 Å². The second-order valence-corrected chi connectivity index (χ2v) is 11.0. The Labute approximate surface area is 208 Å². The van der Waals surface area contributed by atoms with Crippen molar-refractivity contribution >= 4 is 34.2 Å². The summed E-state index contributed by atoms with van der Waals surface area (Å²) in [5.74, 6) is -0.506. The molecule has 8 heteroatoms. The van der Waals surface area contributed by atoms with E-state index >= 15 is 0 Å². The van der Waals surface area contributed by atoms with Crippen LogP contribution in [0.25, 0.3) is 21.7 Å². The summed E-state index contributed by atoms with van der Waals surface area (Å²) in [5, 5.41) is 3.04. The molecule has 0 saturated heterocycles. The number of carbonyl (C=O) groups excluding carboxylic acids is 2. The highest BCUT2D eigenvalue weighted by atomic mass is 32.1. The normalized spacial score (nSPS) is 13.5. The van der Waals surface area contributed by atoms with Crippen molar-refractivity contribution in [2.24, 2.45) is 5.41 Å². The molecule has 0 aliphatic heterocycles. The molecule has 182 valence electrons. The molecule has 1 aromatic carbocycles. The standard InChI is InChI=1S/C27H29FN4O2S/c1-15(17-6-8-18(28)9-7-17)12-21(33)23-11-10-22(35-23)20-14-30-25-24(32-20)19(13-29-25)26(34)31-16(2)27(3,4)5/h6-11,13-16H,12H2,1-5H3,(H,29,30)(H,31,34)/t15?,16-/m0/s1. The van der Waals surface area contributed by atoms with Crippen molar-refractivity contribution < 1.29 is 14.0 Å². The maximum absolute atomic E-state index is 13.2. The summed E-state index contributed by atoms with van der Waals surface area (Å²) in [4.78, 5) is 39.3. The number of hydrogen-bond acceptors (Lipinski definition) is 5. The fourth-order valence-electron chi connectivity index (χ4n) is 3.59. The topological polar surface area (TPSA) is 87.7 Å². The van der Waals surface area contributed by atoms with Gasteiger partial charge in [0.05, 0.1) is 27.2 Å². The monoisotopic (exact) mass is 492 g/mol. The van der Waals surface area contributed by atoms with Gasteiger partial charge in [-0.2, -0.15) is 0 Å². The highest BCUT2D eigenvalue weighted by molar-refractivity contribution is 7.17. The summed E-state index contributed by atoms with van der Waals surface area (Å²) < 4.78 is 13.2. The summed E-state index contributed by atoms with van der Waals surface area (Å²) >= 11 is 1.35. The van der Waals surface area contributed by atoms with E-state index in [-0.39, 0.29) is 34.9 Å². The Bertz CT molecular complexity index is 1370. The largest absolute Gasteiger partial charge is 0.349 e. The van der Waals surface area contributed by atoms with Crippen LogP contribution in [0.5, 0.6) is 0 Å². The maximum Gasteiger partial charge on any atom is 0.255 e. The van der Waals surface area contributed by atoms with Crippen LogP contribution in [0.4, 0.5) is 4.39 Å². The Morgan fingerprint density at radius 1 is 1.11 bits per heavy atom. The Morgan fingerprint density at radius 3 is 2.51 bits per heavy atom. The first-order chi connectivity index (χ1) is 16.5. The van der Waals surface area contributed by atoms with Crippen molar-refractivity contribution in [2.75, 3.05) is 0 Å². The number of nitrogens with zero attached hydrogens (tertiary/aromatic N) is 2. The number of Topliss-reactive ketones (excluding diaryl/α,β-unsaturated/α-hetero) is 1. The molecule has 1 unspecified atom stereocenters. The van der Waals surface area contributed by atoms with Gasteiger partial charge in [-0.3, -0.25) is 9.59 Å². The van der Waals surface area contributed by atoms with Crippen molar-refractivity contribution in [3.8, 4) is 10.6 Å². The maximum atomic E-state index is 13.2. The number of nitrogens with one attached hydrogen (secondary N) is 2. The highest BCUT2D eigenvalue weighted by Crippen LogP contribution is 2.31. The third kappa shape index (κ3) is 5.48. The SMILES string of the molecule is CC(CC(=O)c1ccc(-c2cnc3[nH]cc(C(=O)N[C@@H](C)C(C)(C)C)c3n2)s1)c1ccc(F)cc1. The molecule has 2 atom stereocenters. The quantitative estimate of drug-likeness (QED) is 0.294. The number of fused-ring (bicyclic) bond motifs is 1. The number of thiophene rings is 1. The molecule has 35 heavy (non-hydrogen) atoms. The van der Waals surface area contributed by atoms with Gasteiger partial charge in [0, 0.05) is 18.7 Å². The summed E-state index contributed by atoms with van der Waals surface area (Å²) in [7, 11) is 0. The van der Waals surface area contributed by atoms with Gasteiger partial charge in [-0.15, -0.1) is 11.3 Å². The molecule has 0 aliphatic carbocycles. The van der Waals surface area contributed by atoms with Crippen LogP contribution >= 0.6 is 11.3 Å². The minimum absolute atomic E-state index is 0.0185. The average molecular weight is 493 g/mol. The Hall–Kier alpha value is -3.39. The first-order valence-corrected chi connectivity index (χ1v) is 12.4. The number of aromatic nitrogens is 3. The highest BCUT2D eigenvalue weighted by Gasteiger charge is 2.24. The lowest BCUT2D eigenvalue weighted by Crippen LogP contribution is -2.41. The molecule has 2 N–H and O–H groups in total. The second kappa shape index (κ2) is 9.70. The molecule has 1 amide bonds. The second-order valence-electron chi connectivity index (χ2n) is 9.96. The third-order valence-corrected chi connectivity index (χ3v) is 7.48. The van der Waals surface area contributed by atoms with Crippen LogP contribution in [0.15, 0.2) is 48.8 Å². The lowest BCUT2D eigenvalue weighted by atomic mass is 9.88. The molecule has 0 fully saturated rings. The van der Waals surface area contributed by atoms with E-state index in [9.17, 15) is 14.0 Å². The van der Waals surface area contributed by atoms with Gasteiger partial charge in [-0.1, -0.05) is 39.8 Å². The van der Waals surface area contributed by atoms with Crippen molar-refractivity contribution in [2.45, 2.75) is 53.0 Å². The molecule has 3 heterocycles. The summed E-state index contributed by atoms with van der Waals surface area (Å²) in [6.07, 6.45) is 3.59. The van der Waals surface area contributed by atoms with Crippen LogP contribution in [0.3, 0.4) is 0 Å². The number of amides is 1. The predicted molar refractivity (Wildman–Crippen MR) is 137 cm³/mol. The van der Waals surface area contributed by atoms with Crippen LogP contribution < -0.4 is 5.32 Å². The average Bonchev–Trinajstić information content (AvgIpc) is 3.46. The zero-order valence-electron chi connectivity index (χ0n) is 20.5. The molecule has 6 nitrogen and oxygen atoms in total. The molecule has 3 aromatic heterocycles. The molecule has 0 radical (unpaired) electrons. The lowest BCUT2D eigenvalue weighted by Gasteiger charge is -2.27. The van der Waals surface area contributed by atoms with Gasteiger partial charge in [0.2, 0.25) is 0 Å². The number of hydrogen-bond donors (Lipinski definition) is 2. The van der Waals surface area contributed by atoms with Gasteiger partial charge in [-0.05, 0) is 48.1 Å². The number of carbonyl (C=O) groups is 2. The molecule has 4 rings (SSSR count). The van der Waals surface area contributed by atoms with Gasteiger partial charge in [-0.25, -0.2) is 14.4 Å². The molecular weight excluding hydrogens is 463 g/mol. The van der Waals surface area contributed by atoms with E-state index in [1.54, 1.807) is 30.6 Å². The van der Waals surface area contributed by atoms with Crippen LogP contribution in [0.2, 0.25) is 0 Å². The summed E-state index contributed by atoms with van der Waals surface area (Å²) in [6, 6.07) is 9.86. The molecular formula is C27H29FN4O2S. The summed E-state index contributed by atoms with van der Waals surface area (Å²) in [6.45, 7) is 10.1. The molecule has 0 aliphatic rings.